The molecule has 0 aliphatic carbocycles. The molecule has 0 saturated carbocycles. The fraction of sp³-hybridized carbons (Fsp3) is 0.706. The number of fused-ring (bicyclic) bond motifs is 1. The number of methoxy groups -OCH3 is 1. The van der Waals surface area contributed by atoms with Gasteiger partial charge in [-0.2, -0.15) is 9.89 Å². The van der Waals surface area contributed by atoms with Crippen LogP contribution in [0, 0.1) is 0 Å². The van der Waals surface area contributed by atoms with Crippen molar-refractivity contribution in [3.8, 4) is 0 Å². The van der Waals surface area contributed by atoms with Gasteiger partial charge < -0.3 is 15.2 Å². The zero-order valence-electron chi connectivity index (χ0n) is 15.9. The maximum Gasteiger partial charge on any atom is 0.190 e. The maximum atomic E-state index is 5.94. The summed E-state index contributed by atoms with van der Waals surface area (Å²) in [6, 6.07) is 0.165. The second kappa shape index (κ2) is 8.96. The van der Waals surface area contributed by atoms with E-state index in [1.54, 1.807) is 7.11 Å². The summed E-state index contributed by atoms with van der Waals surface area (Å²) in [6.07, 6.45) is 4.35. The van der Waals surface area contributed by atoms with Crippen molar-refractivity contribution in [1.29, 1.82) is 0 Å². The van der Waals surface area contributed by atoms with Crippen LogP contribution in [0.1, 0.15) is 39.2 Å². The Kier molecular flexibility index (Phi) is 6.95. The smallest absolute Gasteiger partial charge is 0.190 e. The first-order valence-corrected chi connectivity index (χ1v) is 8.76. The molecular formula is C17H30N6O2. The first kappa shape index (κ1) is 19.4. The molecule has 2 atom stereocenters. The van der Waals surface area contributed by atoms with Crippen molar-refractivity contribution in [2.45, 2.75) is 52.1 Å². The van der Waals surface area contributed by atoms with E-state index in [1.807, 2.05) is 25.0 Å². The Morgan fingerprint density at radius 3 is 2.88 bits per heavy atom. The Morgan fingerprint density at radius 2 is 2.24 bits per heavy atom. The Balaban J connectivity index is 2.23. The zero-order chi connectivity index (χ0) is 18.4. The number of hydrogen-bond donors (Lipinski definition) is 1. The molecule has 8 heteroatoms. The highest BCUT2D eigenvalue weighted by molar-refractivity contribution is 5.96. The van der Waals surface area contributed by atoms with E-state index in [1.165, 1.54) is 0 Å². The molecule has 0 fully saturated rings. The molecule has 0 spiro atoms. The second-order valence-electron chi connectivity index (χ2n) is 6.43. The molecule has 0 radical (unpaired) electrons. The molecule has 2 N–H and O–H groups in total. The van der Waals surface area contributed by atoms with E-state index in [2.05, 4.69) is 28.9 Å². The van der Waals surface area contributed by atoms with Crippen LogP contribution in [0.25, 0.3) is 0 Å². The lowest BCUT2D eigenvalue weighted by molar-refractivity contribution is 0.0400. The molecule has 0 amide bonds. The third kappa shape index (κ3) is 4.79. The van der Waals surface area contributed by atoms with Gasteiger partial charge >= 0.3 is 0 Å². The summed E-state index contributed by atoms with van der Waals surface area (Å²) in [5, 5.41) is 6.51. The average Bonchev–Trinajstić information content (AvgIpc) is 2.96. The van der Waals surface area contributed by atoms with Crippen molar-refractivity contribution >= 4 is 17.4 Å². The first-order chi connectivity index (χ1) is 12.0. The van der Waals surface area contributed by atoms with Crippen molar-refractivity contribution in [1.82, 2.24) is 9.89 Å². The highest BCUT2D eigenvalue weighted by Crippen LogP contribution is 2.25. The average molecular weight is 350 g/mol. The molecule has 0 saturated heterocycles. The molecule has 0 aromatic carbocycles. The molecule has 2 heterocycles. The zero-order valence-corrected chi connectivity index (χ0v) is 15.9. The molecule has 25 heavy (non-hydrogen) atoms. The lowest BCUT2D eigenvalue weighted by Crippen LogP contribution is -2.47. The quantitative estimate of drug-likeness (QED) is 0.437. The lowest BCUT2D eigenvalue weighted by Gasteiger charge is -2.32. The predicted molar refractivity (Wildman–Crippen MR) is 100 cm³/mol. The number of rotatable bonds is 8. The van der Waals surface area contributed by atoms with Crippen LogP contribution in [0.5, 0.6) is 0 Å². The number of hydrogen-bond acceptors (Lipinski definition) is 7. The summed E-state index contributed by atoms with van der Waals surface area (Å²) in [7, 11) is 3.61. The van der Waals surface area contributed by atoms with Gasteiger partial charge in [0.15, 0.2) is 18.5 Å². The van der Waals surface area contributed by atoms with E-state index < -0.39 is 0 Å². The minimum Gasteiger partial charge on any atom is -0.455 e. The normalized spacial score (nSPS) is 18.8. The van der Waals surface area contributed by atoms with Gasteiger partial charge in [0.1, 0.15) is 0 Å². The van der Waals surface area contributed by atoms with E-state index >= 15 is 0 Å². The van der Waals surface area contributed by atoms with Crippen LogP contribution in [0.4, 0.5) is 5.82 Å². The molecule has 2 rings (SSSR count). The summed E-state index contributed by atoms with van der Waals surface area (Å²) in [5.41, 5.74) is 7.98. The lowest BCUT2D eigenvalue weighted by atomic mass is 10.1. The summed E-state index contributed by atoms with van der Waals surface area (Å²) in [6.45, 7) is 6.89. The molecule has 0 bridgehead atoms. The molecular weight excluding hydrogens is 320 g/mol. The van der Waals surface area contributed by atoms with Crippen LogP contribution in [0.2, 0.25) is 0 Å². The van der Waals surface area contributed by atoms with Gasteiger partial charge in [-0.3, -0.25) is 5.01 Å². The van der Waals surface area contributed by atoms with Gasteiger partial charge in [-0.15, -0.1) is 0 Å². The van der Waals surface area contributed by atoms with E-state index in [0.717, 1.165) is 36.4 Å². The maximum absolute atomic E-state index is 5.94. The summed E-state index contributed by atoms with van der Waals surface area (Å²) in [4.78, 5) is 11.3. The Morgan fingerprint density at radius 1 is 1.48 bits per heavy atom. The van der Waals surface area contributed by atoms with Gasteiger partial charge in [0.25, 0.3) is 0 Å². The Bertz CT molecular complexity index is 623. The van der Waals surface area contributed by atoms with Gasteiger partial charge in [-0.1, -0.05) is 6.92 Å². The van der Waals surface area contributed by atoms with Gasteiger partial charge in [-0.25, -0.2) is 9.98 Å². The molecule has 1 aliphatic rings. The topological polar surface area (TPSA) is 90.3 Å². The standard InChI is InChI=1S/C17H30N6O2/c1-6-7-16(25-11-24-5)19-10-15-13(3)22(4)23-17(21-15)14(9-20-23)8-12(2)18/h9,12-13H,6-8,10-11,18H2,1-5H3/t12-,13+/m1/s1. The summed E-state index contributed by atoms with van der Waals surface area (Å²) < 4.78 is 10.5. The predicted octanol–water partition coefficient (Wildman–Crippen LogP) is 1.63. The number of ether oxygens (including phenoxy) is 2. The van der Waals surface area contributed by atoms with E-state index in [4.69, 9.17) is 20.2 Å². The molecule has 1 aliphatic heterocycles. The van der Waals surface area contributed by atoms with Crippen molar-refractivity contribution in [3.63, 3.8) is 0 Å². The monoisotopic (exact) mass is 350 g/mol. The molecule has 8 nitrogen and oxygen atoms in total. The van der Waals surface area contributed by atoms with Crippen LogP contribution >= 0.6 is 0 Å². The van der Waals surface area contributed by atoms with Crippen molar-refractivity contribution in [2.24, 2.45) is 15.7 Å². The third-order valence-electron chi connectivity index (χ3n) is 4.16. The second-order valence-corrected chi connectivity index (χ2v) is 6.43. The minimum atomic E-state index is 0.0637. The minimum absolute atomic E-state index is 0.0637. The van der Waals surface area contributed by atoms with E-state index in [0.29, 0.717) is 12.4 Å². The Labute approximate surface area is 149 Å². The number of aromatic nitrogens is 2. The molecule has 1 aromatic heterocycles. The number of nitrogens with two attached hydrogens (primary N) is 1. The van der Waals surface area contributed by atoms with Crippen LogP contribution in [-0.2, 0) is 15.9 Å². The summed E-state index contributed by atoms with van der Waals surface area (Å²) >= 11 is 0. The SMILES string of the molecule is CCCC(=NCC1=Nc2c(C[C@@H](C)N)cnn2N(C)[C@H]1C)OCOC. The van der Waals surface area contributed by atoms with Gasteiger partial charge in [0.2, 0.25) is 0 Å². The largest absolute Gasteiger partial charge is 0.455 e. The van der Waals surface area contributed by atoms with E-state index in [9.17, 15) is 0 Å². The van der Waals surface area contributed by atoms with Crippen molar-refractivity contribution in [3.05, 3.63) is 11.8 Å². The number of aliphatic imine (C=N–C) groups is 2. The molecule has 1 aromatic rings. The van der Waals surface area contributed by atoms with Crippen molar-refractivity contribution < 1.29 is 9.47 Å². The fourth-order valence-electron chi connectivity index (χ4n) is 2.69. The van der Waals surface area contributed by atoms with Gasteiger partial charge in [-0.05, 0) is 26.7 Å². The number of nitrogens with zero attached hydrogens (tertiary/aromatic N) is 5. The van der Waals surface area contributed by atoms with Crippen LogP contribution < -0.4 is 10.7 Å². The van der Waals surface area contributed by atoms with Gasteiger partial charge in [0.05, 0.1) is 24.5 Å². The van der Waals surface area contributed by atoms with Crippen LogP contribution in [-0.4, -0.2) is 61.1 Å². The fourth-order valence-corrected chi connectivity index (χ4v) is 2.69. The highest BCUT2D eigenvalue weighted by atomic mass is 16.7. The van der Waals surface area contributed by atoms with Crippen LogP contribution in [0.3, 0.4) is 0 Å². The third-order valence-corrected chi connectivity index (χ3v) is 4.16. The summed E-state index contributed by atoms with van der Waals surface area (Å²) in [5.74, 6) is 1.55. The van der Waals surface area contributed by atoms with E-state index in [-0.39, 0.29) is 18.9 Å². The van der Waals surface area contributed by atoms with Crippen LogP contribution in [0.15, 0.2) is 16.2 Å². The first-order valence-electron chi connectivity index (χ1n) is 8.76. The molecule has 140 valence electrons. The van der Waals surface area contributed by atoms with Crippen molar-refractivity contribution in [2.75, 3.05) is 32.5 Å². The van der Waals surface area contributed by atoms with Gasteiger partial charge in [0, 0.05) is 32.2 Å². The highest BCUT2D eigenvalue weighted by Gasteiger charge is 2.26. The molecule has 0 unspecified atom stereocenters. The Hall–Kier alpha value is -1.93.